The summed E-state index contributed by atoms with van der Waals surface area (Å²) < 4.78 is 0. The van der Waals surface area contributed by atoms with Gasteiger partial charge in [-0.2, -0.15) is 0 Å². The Morgan fingerprint density at radius 2 is 2.25 bits per heavy atom. The minimum atomic E-state index is -0.559. The number of carbonyl (C=O) groups is 1. The Bertz CT molecular complexity index is 484. The van der Waals surface area contributed by atoms with E-state index < -0.39 is 6.10 Å². The summed E-state index contributed by atoms with van der Waals surface area (Å²) in [6.45, 7) is 5.89. The molecule has 1 aliphatic carbocycles. The summed E-state index contributed by atoms with van der Waals surface area (Å²) in [5.41, 5.74) is 1.16. The zero-order valence-electron chi connectivity index (χ0n) is 12.7. The molecule has 1 aromatic heterocycles. The van der Waals surface area contributed by atoms with Crippen molar-refractivity contribution in [3.8, 4) is 0 Å². The molecule has 0 spiro atoms. The number of hydrogen-bond donors (Lipinski definition) is 1. The SMILES string of the molecule is Cc1nc2c(s1)C(N(C)C(=O)CC(O)C(C)C)CCC2. The molecule has 0 aromatic carbocycles. The van der Waals surface area contributed by atoms with Gasteiger partial charge in [-0.15, -0.1) is 11.3 Å². The second-order valence-corrected chi connectivity index (χ2v) is 7.21. The summed E-state index contributed by atoms with van der Waals surface area (Å²) in [4.78, 5) is 19.9. The molecule has 5 heteroatoms. The maximum atomic E-state index is 12.3. The van der Waals surface area contributed by atoms with E-state index in [9.17, 15) is 9.90 Å². The fourth-order valence-electron chi connectivity index (χ4n) is 2.62. The first kappa shape index (κ1) is 15.4. The predicted molar refractivity (Wildman–Crippen MR) is 80.8 cm³/mol. The first-order valence-electron chi connectivity index (χ1n) is 7.30. The van der Waals surface area contributed by atoms with Gasteiger partial charge in [0, 0.05) is 7.05 Å². The first-order valence-corrected chi connectivity index (χ1v) is 8.11. The lowest BCUT2D eigenvalue weighted by atomic mass is 9.96. The second kappa shape index (κ2) is 6.22. The zero-order chi connectivity index (χ0) is 14.9. The smallest absolute Gasteiger partial charge is 0.225 e. The molecule has 0 saturated heterocycles. The number of rotatable bonds is 4. The van der Waals surface area contributed by atoms with Crippen molar-refractivity contribution >= 4 is 17.2 Å². The van der Waals surface area contributed by atoms with Gasteiger partial charge in [-0.25, -0.2) is 4.98 Å². The minimum Gasteiger partial charge on any atom is -0.392 e. The van der Waals surface area contributed by atoms with Crippen LogP contribution in [0.25, 0.3) is 0 Å². The van der Waals surface area contributed by atoms with Crippen LogP contribution in [0.4, 0.5) is 0 Å². The van der Waals surface area contributed by atoms with Crippen LogP contribution in [-0.2, 0) is 11.2 Å². The van der Waals surface area contributed by atoms with Gasteiger partial charge < -0.3 is 10.0 Å². The predicted octanol–water partition coefficient (Wildman–Crippen LogP) is 2.69. The first-order chi connectivity index (χ1) is 9.40. The van der Waals surface area contributed by atoms with Crippen LogP contribution in [0.2, 0.25) is 0 Å². The van der Waals surface area contributed by atoms with Crippen LogP contribution in [0.5, 0.6) is 0 Å². The van der Waals surface area contributed by atoms with Gasteiger partial charge in [0.1, 0.15) is 0 Å². The lowest BCUT2D eigenvalue weighted by molar-refractivity contribution is -0.135. The lowest BCUT2D eigenvalue weighted by Gasteiger charge is -2.31. The molecule has 0 bridgehead atoms. The zero-order valence-corrected chi connectivity index (χ0v) is 13.5. The van der Waals surface area contributed by atoms with Gasteiger partial charge in [0.15, 0.2) is 0 Å². The maximum absolute atomic E-state index is 12.3. The molecular weight excluding hydrogens is 272 g/mol. The molecule has 20 heavy (non-hydrogen) atoms. The number of carbonyl (C=O) groups excluding carboxylic acids is 1. The van der Waals surface area contributed by atoms with Gasteiger partial charge in [0.25, 0.3) is 0 Å². The van der Waals surface area contributed by atoms with Crippen molar-refractivity contribution < 1.29 is 9.90 Å². The van der Waals surface area contributed by atoms with E-state index in [1.165, 1.54) is 4.88 Å². The molecule has 1 heterocycles. The van der Waals surface area contributed by atoms with Gasteiger partial charge >= 0.3 is 0 Å². The van der Waals surface area contributed by atoms with Crippen molar-refractivity contribution in [1.29, 1.82) is 0 Å². The van der Waals surface area contributed by atoms with Crippen LogP contribution in [0, 0.1) is 12.8 Å². The third-order valence-electron chi connectivity index (χ3n) is 4.04. The van der Waals surface area contributed by atoms with Gasteiger partial charge in [-0.05, 0) is 32.1 Å². The Morgan fingerprint density at radius 3 is 2.90 bits per heavy atom. The van der Waals surface area contributed by atoms with Crippen LogP contribution in [0.15, 0.2) is 0 Å². The average molecular weight is 296 g/mol. The standard InChI is InChI=1S/C15H24N2O2S/c1-9(2)13(18)8-14(19)17(4)12-7-5-6-11-15(12)20-10(3)16-11/h9,12-13,18H,5-8H2,1-4H3. The van der Waals surface area contributed by atoms with Crippen molar-refractivity contribution in [3.05, 3.63) is 15.6 Å². The highest BCUT2D eigenvalue weighted by molar-refractivity contribution is 7.11. The molecule has 0 aliphatic heterocycles. The van der Waals surface area contributed by atoms with E-state index in [4.69, 9.17) is 0 Å². The van der Waals surface area contributed by atoms with Gasteiger partial charge in [0.05, 0.1) is 34.1 Å². The van der Waals surface area contributed by atoms with E-state index in [-0.39, 0.29) is 24.3 Å². The van der Waals surface area contributed by atoms with Crippen LogP contribution in [0.3, 0.4) is 0 Å². The van der Waals surface area contributed by atoms with Crippen LogP contribution in [0.1, 0.15) is 54.7 Å². The molecule has 1 amide bonds. The third kappa shape index (κ3) is 3.20. The van der Waals surface area contributed by atoms with Crippen molar-refractivity contribution in [3.63, 3.8) is 0 Å². The van der Waals surface area contributed by atoms with E-state index >= 15 is 0 Å². The Labute approximate surface area is 124 Å². The topological polar surface area (TPSA) is 53.4 Å². The molecule has 0 fully saturated rings. The maximum Gasteiger partial charge on any atom is 0.225 e. The second-order valence-electron chi connectivity index (χ2n) is 5.97. The summed E-state index contributed by atoms with van der Waals surface area (Å²) in [6.07, 6.45) is 2.74. The van der Waals surface area contributed by atoms with E-state index in [0.29, 0.717) is 0 Å². The lowest BCUT2D eigenvalue weighted by Crippen LogP contribution is -2.35. The molecule has 0 radical (unpaired) electrons. The van der Waals surface area contributed by atoms with Crippen LogP contribution < -0.4 is 0 Å². The molecule has 1 N–H and O–H groups in total. The normalized spacial score (nSPS) is 19.8. The Kier molecular flexibility index (Phi) is 4.81. The molecule has 1 aliphatic rings. The van der Waals surface area contributed by atoms with Crippen molar-refractivity contribution in [2.75, 3.05) is 7.05 Å². The number of aliphatic hydroxyl groups is 1. The number of aryl methyl sites for hydroxylation is 2. The van der Waals surface area contributed by atoms with Crippen molar-refractivity contribution in [2.45, 2.75) is 58.6 Å². The van der Waals surface area contributed by atoms with Crippen LogP contribution in [-0.4, -0.2) is 34.0 Å². The van der Waals surface area contributed by atoms with Crippen LogP contribution >= 0.6 is 11.3 Å². The Balaban J connectivity index is 2.10. The average Bonchev–Trinajstić information content (AvgIpc) is 2.77. The number of fused-ring (bicyclic) bond motifs is 1. The molecule has 1 aromatic rings. The molecule has 0 saturated carbocycles. The van der Waals surface area contributed by atoms with E-state index in [1.54, 1.807) is 16.2 Å². The van der Waals surface area contributed by atoms with Gasteiger partial charge in [0.2, 0.25) is 5.91 Å². The molecule has 2 rings (SSSR count). The molecular formula is C15H24N2O2S. The number of aromatic nitrogens is 1. The monoisotopic (exact) mass is 296 g/mol. The molecule has 2 atom stereocenters. The third-order valence-corrected chi connectivity index (χ3v) is 5.16. The number of amides is 1. The minimum absolute atomic E-state index is 0.0232. The fraction of sp³-hybridized carbons (Fsp3) is 0.733. The van der Waals surface area contributed by atoms with Gasteiger partial charge in [-0.1, -0.05) is 13.8 Å². The Morgan fingerprint density at radius 1 is 1.55 bits per heavy atom. The summed E-state index contributed by atoms with van der Waals surface area (Å²) in [6, 6.07) is 0.136. The van der Waals surface area contributed by atoms with Gasteiger partial charge in [-0.3, -0.25) is 4.79 Å². The quantitative estimate of drug-likeness (QED) is 0.929. The molecule has 2 unspecified atom stereocenters. The number of aliphatic hydroxyl groups excluding tert-OH is 1. The molecule has 4 nitrogen and oxygen atoms in total. The van der Waals surface area contributed by atoms with Crippen molar-refractivity contribution in [2.24, 2.45) is 5.92 Å². The number of hydrogen-bond acceptors (Lipinski definition) is 4. The fourth-order valence-corrected chi connectivity index (χ4v) is 3.77. The summed E-state index contributed by atoms with van der Waals surface area (Å²) in [5.74, 6) is 0.134. The van der Waals surface area contributed by atoms with E-state index in [2.05, 4.69) is 4.98 Å². The number of nitrogens with zero attached hydrogens (tertiary/aromatic N) is 2. The highest BCUT2D eigenvalue weighted by Gasteiger charge is 2.30. The summed E-state index contributed by atoms with van der Waals surface area (Å²) in [5, 5.41) is 11.0. The summed E-state index contributed by atoms with van der Waals surface area (Å²) >= 11 is 1.70. The van der Waals surface area contributed by atoms with E-state index in [1.807, 2.05) is 27.8 Å². The van der Waals surface area contributed by atoms with Crippen molar-refractivity contribution in [1.82, 2.24) is 9.88 Å². The molecule has 112 valence electrons. The van der Waals surface area contributed by atoms with E-state index in [0.717, 1.165) is 30.0 Å². The highest BCUT2D eigenvalue weighted by atomic mass is 32.1. The highest BCUT2D eigenvalue weighted by Crippen LogP contribution is 2.37. The summed E-state index contributed by atoms with van der Waals surface area (Å²) in [7, 11) is 1.85. The number of thiazole rings is 1. The largest absolute Gasteiger partial charge is 0.392 e. The Hall–Kier alpha value is -0.940.